The third kappa shape index (κ3) is 3.21. The van der Waals surface area contributed by atoms with Crippen LogP contribution in [-0.4, -0.2) is 22.2 Å². The predicted molar refractivity (Wildman–Crippen MR) is 81.8 cm³/mol. The summed E-state index contributed by atoms with van der Waals surface area (Å²) in [7, 11) is 0. The number of carbonyl (C=O) groups is 1. The third-order valence-electron chi connectivity index (χ3n) is 3.51. The molecule has 1 heterocycles. The number of aromatic nitrogens is 2. The van der Waals surface area contributed by atoms with Gasteiger partial charge in [0.05, 0.1) is 0 Å². The second kappa shape index (κ2) is 5.81. The van der Waals surface area contributed by atoms with Crippen molar-refractivity contribution >= 4 is 22.4 Å². The summed E-state index contributed by atoms with van der Waals surface area (Å²) in [5.41, 5.74) is 2.73. The number of anilines is 1. The van der Waals surface area contributed by atoms with E-state index >= 15 is 0 Å². The number of benzene rings is 1. The topological polar surface area (TPSA) is 64.1 Å². The number of carbonyl (C=O) groups excluding carboxylic acids is 1. The maximum Gasteiger partial charge on any atom is 0.266 e. The molecule has 0 bridgehead atoms. The molecular weight excluding hydrogens is 286 g/mol. The van der Waals surface area contributed by atoms with Crippen LogP contribution in [0.5, 0.6) is 5.75 Å². The molecule has 1 N–H and O–H groups in total. The Hall–Kier alpha value is -1.95. The van der Waals surface area contributed by atoms with Crippen LogP contribution in [0.25, 0.3) is 0 Å². The van der Waals surface area contributed by atoms with E-state index in [2.05, 4.69) is 21.6 Å². The highest BCUT2D eigenvalue weighted by molar-refractivity contribution is 7.15. The molecule has 110 valence electrons. The van der Waals surface area contributed by atoms with Crippen LogP contribution in [0.3, 0.4) is 0 Å². The van der Waals surface area contributed by atoms with Gasteiger partial charge in [-0.25, -0.2) is 0 Å². The van der Waals surface area contributed by atoms with Gasteiger partial charge in [-0.1, -0.05) is 17.4 Å². The zero-order valence-corrected chi connectivity index (χ0v) is 12.9. The van der Waals surface area contributed by atoms with E-state index in [0.717, 1.165) is 23.6 Å². The average molecular weight is 303 g/mol. The summed E-state index contributed by atoms with van der Waals surface area (Å²) in [6.45, 7) is 3.58. The highest BCUT2D eigenvalue weighted by atomic mass is 32.1. The summed E-state index contributed by atoms with van der Waals surface area (Å²) < 4.78 is 5.72. The molecule has 0 unspecified atom stereocenters. The number of rotatable bonds is 4. The maximum atomic E-state index is 12.1. The van der Waals surface area contributed by atoms with Gasteiger partial charge in [0.1, 0.15) is 10.8 Å². The van der Waals surface area contributed by atoms with E-state index < -0.39 is 6.10 Å². The Labute approximate surface area is 127 Å². The molecule has 1 aromatic carbocycles. The van der Waals surface area contributed by atoms with Crippen molar-refractivity contribution in [1.82, 2.24) is 10.2 Å². The van der Waals surface area contributed by atoms with Crippen LogP contribution in [0.1, 0.15) is 29.5 Å². The standard InChI is InChI=1S/C15H17N3O2S/c1-9(14(19)16-15-18-17-10(2)21-15)20-13-7-6-11-4-3-5-12(11)8-13/h6-9H,3-5H2,1-2H3,(H,16,18,19)/t9-/m0/s1. The number of hydrogen-bond donors (Lipinski definition) is 1. The molecule has 3 rings (SSSR count). The van der Waals surface area contributed by atoms with E-state index in [4.69, 9.17) is 4.74 Å². The molecule has 0 radical (unpaired) electrons. The quantitative estimate of drug-likeness (QED) is 0.943. The van der Waals surface area contributed by atoms with E-state index in [1.54, 1.807) is 6.92 Å². The minimum Gasteiger partial charge on any atom is -0.481 e. The van der Waals surface area contributed by atoms with Crippen LogP contribution >= 0.6 is 11.3 Å². The number of hydrogen-bond acceptors (Lipinski definition) is 5. The molecule has 0 aliphatic heterocycles. The van der Waals surface area contributed by atoms with Gasteiger partial charge in [0.25, 0.3) is 5.91 Å². The van der Waals surface area contributed by atoms with Gasteiger partial charge in [-0.05, 0) is 56.4 Å². The van der Waals surface area contributed by atoms with Crippen LogP contribution in [0.4, 0.5) is 5.13 Å². The van der Waals surface area contributed by atoms with Gasteiger partial charge in [0.2, 0.25) is 5.13 Å². The molecular formula is C15H17N3O2S. The molecule has 1 atom stereocenters. The van der Waals surface area contributed by atoms with Gasteiger partial charge >= 0.3 is 0 Å². The summed E-state index contributed by atoms with van der Waals surface area (Å²) in [4.78, 5) is 12.1. The average Bonchev–Trinajstić information content (AvgIpc) is 3.07. The Morgan fingerprint density at radius 3 is 2.90 bits per heavy atom. The number of nitrogens with zero attached hydrogens (tertiary/aromatic N) is 2. The van der Waals surface area contributed by atoms with E-state index in [1.807, 2.05) is 19.1 Å². The number of aryl methyl sites for hydroxylation is 3. The van der Waals surface area contributed by atoms with Crippen LogP contribution in [0.15, 0.2) is 18.2 Å². The molecule has 0 saturated heterocycles. The van der Waals surface area contributed by atoms with Gasteiger partial charge < -0.3 is 4.74 Å². The van der Waals surface area contributed by atoms with Crippen molar-refractivity contribution < 1.29 is 9.53 Å². The SMILES string of the molecule is Cc1nnc(NC(=O)[C@H](C)Oc2ccc3c(c2)CCC3)s1. The van der Waals surface area contributed by atoms with Crippen molar-refractivity contribution in [1.29, 1.82) is 0 Å². The first kappa shape index (κ1) is 14.0. The van der Waals surface area contributed by atoms with Crippen LogP contribution in [-0.2, 0) is 17.6 Å². The molecule has 1 amide bonds. The number of ether oxygens (including phenoxy) is 1. The number of fused-ring (bicyclic) bond motifs is 1. The first-order valence-corrected chi connectivity index (χ1v) is 7.83. The van der Waals surface area contributed by atoms with Gasteiger partial charge in [-0.15, -0.1) is 10.2 Å². The molecule has 21 heavy (non-hydrogen) atoms. The highest BCUT2D eigenvalue weighted by Gasteiger charge is 2.18. The molecule has 0 saturated carbocycles. The van der Waals surface area contributed by atoms with E-state index in [-0.39, 0.29) is 5.91 Å². The van der Waals surface area contributed by atoms with Gasteiger partial charge in [0, 0.05) is 0 Å². The molecule has 1 aromatic heterocycles. The molecule has 1 aliphatic rings. The zero-order valence-electron chi connectivity index (χ0n) is 12.0. The number of nitrogens with one attached hydrogen (secondary N) is 1. The highest BCUT2D eigenvalue weighted by Crippen LogP contribution is 2.26. The monoisotopic (exact) mass is 303 g/mol. The molecule has 0 spiro atoms. The second-order valence-electron chi connectivity index (χ2n) is 5.16. The van der Waals surface area contributed by atoms with E-state index in [1.165, 1.54) is 28.9 Å². The van der Waals surface area contributed by atoms with Crippen molar-refractivity contribution in [2.75, 3.05) is 5.32 Å². The van der Waals surface area contributed by atoms with Crippen LogP contribution < -0.4 is 10.1 Å². The molecule has 6 heteroatoms. The summed E-state index contributed by atoms with van der Waals surface area (Å²) >= 11 is 1.35. The van der Waals surface area contributed by atoms with Crippen molar-refractivity contribution in [3.8, 4) is 5.75 Å². The number of amides is 1. The Kier molecular flexibility index (Phi) is 3.88. The Bertz CT molecular complexity index is 669. The fourth-order valence-corrected chi connectivity index (χ4v) is 3.03. The Morgan fingerprint density at radius 2 is 2.14 bits per heavy atom. The minimum atomic E-state index is -0.575. The van der Waals surface area contributed by atoms with Gasteiger partial charge in [0.15, 0.2) is 6.10 Å². The summed E-state index contributed by atoms with van der Waals surface area (Å²) in [5, 5.41) is 11.8. The third-order valence-corrected chi connectivity index (χ3v) is 4.26. The molecule has 2 aromatic rings. The lowest BCUT2D eigenvalue weighted by molar-refractivity contribution is -0.122. The van der Waals surface area contributed by atoms with Crippen molar-refractivity contribution in [2.45, 2.75) is 39.2 Å². The lowest BCUT2D eigenvalue weighted by atomic mass is 10.1. The van der Waals surface area contributed by atoms with Crippen LogP contribution in [0, 0.1) is 6.92 Å². The van der Waals surface area contributed by atoms with Crippen molar-refractivity contribution in [3.05, 3.63) is 34.3 Å². The smallest absolute Gasteiger partial charge is 0.266 e. The Morgan fingerprint density at radius 1 is 1.33 bits per heavy atom. The van der Waals surface area contributed by atoms with Gasteiger partial charge in [-0.2, -0.15) is 0 Å². The second-order valence-corrected chi connectivity index (χ2v) is 6.34. The predicted octanol–water partition coefficient (Wildman–Crippen LogP) is 2.74. The Balaban J connectivity index is 1.62. The van der Waals surface area contributed by atoms with Crippen LogP contribution in [0.2, 0.25) is 0 Å². The summed E-state index contributed by atoms with van der Waals surface area (Å²) in [5.74, 6) is 0.526. The lowest BCUT2D eigenvalue weighted by Crippen LogP contribution is -2.30. The minimum absolute atomic E-state index is 0.216. The fourth-order valence-electron chi connectivity index (χ4n) is 2.43. The first-order valence-electron chi connectivity index (χ1n) is 7.01. The van der Waals surface area contributed by atoms with E-state index in [9.17, 15) is 4.79 Å². The maximum absolute atomic E-state index is 12.1. The molecule has 1 aliphatic carbocycles. The largest absolute Gasteiger partial charge is 0.481 e. The first-order chi connectivity index (χ1) is 10.1. The summed E-state index contributed by atoms with van der Waals surface area (Å²) in [6.07, 6.45) is 2.86. The normalized spacial score (nSPS) is 14.6. The molecule has 0 fully saturated rings. The lowest BCUT2D eigenvalue weighted by Gasteiger charge is -2.14. The zero-order chi connectivity index (χ0) is 14.8. The van der Waals surface area contributed by atoms with Crippen molar-refractivity contribution in [2.24, 2.45) is 0 Å². The van der Waals surface area contributed by atoms with Gasteiger partial charge in [-0.3, -0.25) is 10.1 Å². The molecule has 5 nitrogen and oxygen atoms in total. The summed E-state index contributed by atoms with van der Waals surface area (Å²) in [6, 6.07) is 6.07. The van der Waals surface area contributed by atoms with E-state index in [0.29, 0.717) is 5.13 Å². The van der Waals surface area contributed by atoms with Crippen molar-refractivity contribution in [3.63, 3.8) is 0 Å². The fraction of sp³-hybridized carbons (Fsp3) is 0.400.